The Bertz CT molecular complexity index is 137. The van der Waals surface area contributed by atoms with Gasteiger partial charge in [0.15, 0.2) is 6.10 Å². The lowest BCUT2D eigenvalue weighted by Crippen LogP contribution is -2.38. The molecule has 0 amide bonds. The van der Waals surface area contributed by atoms with Crippen molar-refractivity contribution in [2.45, 2.75) is 25.0 Å². The molecular formula is C6H11NO3. The first kappa shape index (κ1) is 7.50. The van der Waals surface area contributed by atoms with Crippen molar-refractivity contribution < 1.29 is 14.6 Å². The van der Waals surface area contributed by atoms with E-state index in [0.717, 1.165) is 6.42 Å². The van der Waals surface area contributed by atoms with Gasteiger partial charge < -0.3 is 15.6 Å². The molecule has 0 radical (unpaired) electrons. The highest BCUT2D eigenvalue weighted by Gasteiger charge is 2.25. The zero-order valence-electron chi connectivity index (χ0n) is 5.62. The van der Waals surface area contributed by atoms with Crippen LogP contribution in [-0.2, 0) is 9.53 Å². The number of carbonyl (C=O) groups is 1. The molecule has 0 aliphatic carbocycles. The average molecular weight is 145 g/mol. The SMILES string of the molecule is N[C@@H]1CCO[C@H](C(=O)O)C1. The molecule has 0 aromatic rings. The molecule has 3 N–H and O–H groups in total. The summed E-state index contributed by atoms with van der Waals surface area (Å²) in [5.41, 5.74) is 5.52. The minimum absolute atomic E-state index is 0.00477. The van der Waals surface area contributed by atoms with Gasteiger partial charge in [-0.1, -0.05) is 0 Å². The largest absolute Gasteiger partial charge is 0.479 e. The van der Waals surface area contributed by atoms with Gasteiger partial charge >= 0.3 is 5.97 Å². The van der Waals surface area contributed by atoms with E-state index < -0.39 is 12.1 Å². The summed E-state index contributed by atoms with van der Waals surface area (Å²) in [4.78, 5) is 10.3. The predicted molar refractivity (Wildman–Crippen MR) is 34.6 cm³/mol. The zero-order chi connectivity index (χ0) is 7.56. The van der Waals surface area contributed by atoms with E-state index in [4.69, 9.17) is 15.6 Å². The fourth-order valence-electron chi connectivity index (χ4n) is 0.995. The second-order valence-corrected chi connectivity index (χ2v) is 2.48. The molecule has 1 aliphatic heterocycles. The lowest BCUT2D eigenvalue weighted by atomic mass is 10.0. The second kappa shape index (κ2) is 2.98. The Morgan fingerprint density at radius 2 is 2.40 bits per heavy atom. The third kappa shape index (κ3) is 1.68. The van der Waals surface area contributed by atoms with Gasteiger partial charge in [0.05, 0.1) is 0 Å². The summed E-state index contributed by atoms with van der Waals surface area (Å²) >= 11 is 0. The highest BCUT2D eigenvalue weighted by Crippen LogP contribution is 2.11. The third-order valence-corrected chi connectivity index (χ3v) is 1.60. The maximum absolute atomic E-state index is 10.3. The van der Waals surface area contributed by atoms with E-state index in [2.05, 4.69) is 0 Å². The quantitative estimate of drug-likeness (QED) is 0.525. The molecule has 4 nitrogen and oxygen atoms in total. The number of carboxylic acid groups (broad SMARTS) is 1. The molecule has 0 bridgehead atoms. The molecule has 1 fully saturated rings. The van der Waals surface area contributed by atoms with Gasteiger partial charge in [-0.3, -0.25) is 0 Å². The lowest BCUT2D eigenvalue weighted by Gasteiger charge is -2.23. The standard InChI is InChI=1S/C6H11NO3/c7-4-1-2-10-5(3-4)6(8)9/h4-5H,1-3,7H2,(H,8,9)/t4-,5+/m1/s1. The van der Waals surface area contributed by atoms with Crippen molar-refractivity contribution in [3.05, 3.63) is 0 Å². The topological polar surface area (TPSA) is 72.5 Å². The van der Waals surface area contributed by atoms with Crippen LogP contribution in [0.1, 0.15) is 12.8 Å². The fraction of sp³-hybridized carbons (Fsp3) is 0.833. The van der Waals surface area contributed by atoms with Crippen LogP contribution in [-0.4, -0.2) is 29.8 Å². The molecule has 1 rings (SSSR count). The van der Waals surface area contributed by atoms with Crippen LogP contribution >= 0.6 is 0 Å². The van der Waals surface area contributed by atoms with Crippen LogP contribution < -0.4 is 5.73 Å². The van der Waals surface area contributed by atoms with Gasteiger partial charge in [-0.05, 0) is 12.8 Å². The van der Waals surface area contributed by atoms with Crippen molar-refractivity contribution in [3.8, 4) is 0 Å². The lowest BCUT2D eigenvalue weighted by molar-refractivity contribution is -0.153. The van der Waals surface area contributed by atoms with Gasteiger partial charge in [0.2, 0.25) is 0 Å². The Balaban J connectivity index is 2.39. The molecule has 10 heavy (non-hydrogen) atoms. The first-order valence-electron chi connectivity index (χ1n) is 3.30. The van der Waals surface area contributed by atoms with Crippen molar-refractivity contribution in [1.29, 1.82) is 0 Å². The summed E-state index contributed by atoms with van der Waals surface area (Å²) in [5, 5.41) is 8.48. The van der Waals surface area contributed by atoms with E-state index in [9.17, 15) is 4.79 Å². The molecular weight excluding hydrogens is 134 g/mol. The molecule has 4 heteroatoms. The summed E-state index contributed by atoms with van der Waals surface area (Å²) in [7, 11) is 0. The number of hydrogen-bond donors (Lipinski definition) is 2. The molecule has 1 aliphatic rings. The highest BCUT2D eigenvalue weighted by atomic mass is 16.5. The van der Waals surface area contributed by atoms with Gasteiger partial charge in [-0.25, -0.2) is 4.79 Å². The molecule has 0 aromatic heterocycles. The van der Waals surface area contributed by atoms with Gasteiger partial charge in [0.1, 0.15) is 0 Å². The van der Waals surface area contributed by atoms with Gasteiger partial charge in [0, 0.05) is 12.6 Å². The maximum Gasteiger partial charge on any atom is 0.332 e. The van der Waals surface area contributed by atoms with Crippen LogP contribution in [0, 0.1) is 0 Å². The summed E-state index contributed by atoms with van der Waals surface area (Å²) in [5.74, 6) is -0.907. The maximum atomic E-state index is 10.3. The Labute approximate surface area is 59.0 Å². The van der Waals surface area contributed by atoms with E-state index >= 15 is 0 Å². The summed E-state index contributed by atoms with van der Waals surface area (Å²) in [6.45, 7) is 0.470. The van der Waals surface area contributed by atoms with E-state index in [0.29, 0.717) is 13.0 Å². The summed E-state index contributed by atoms with van der Waals surface area (Å²) in [6, 6.07) is -0.00477. The smallest absolute Gasteiger partial charge is 0.332 e. The zero-order valence-corrected chi connectivity index (χ0v) is 5.62. The molecule has 0 saturated carbocycles. The van der Waals surface area contributed by atoms with Crippen molar-refractivity contribution in [3.63, 3.8) is 0 Å². The molecule has 0 unspecified atom stereocenters. The Morgan fingerprint density at radius 1 is 1.70 bits per heavy atom. The predicted octanol–water partition coefficient (Wildman–Crippen LogP) is -0.423. The Hall–Kier alpha value is -0.610. The Morgan fingerprint density at radius 3 is 2.80 bits per heavy atom. The van der Waals surface area contributed by atoms with E-state index in [1.54, 1.807) is 0 Å². The summed E-state index contributed by atoms with van der Waals surface area (Å²) < 4.78 is 4.93. The van der Waals surface area contributed by atoms with Crippen LogP contribution in [0.2, 0.25) is 0 Å². The first-order chi connectivity index (χ1) is 4.70. The molecule has 58 valence electrons. The minimum Gasteiger partial charge on any atom is -0.479 e. The van der Waals surface area contributed by atoms with Crippen LogP contribution in [0.15, 0.2) is 0 Å². The van der Waals surface area contributed by atoms with Gasteiger partial charge in [-0.2, -0.15) is 0 Å². The van der Waals surface area contributed by atoms with Crippen molar-refractivity contribution in [1.82, 2.24) is 0 Å². The van der Waals surface area contributed by atoms with Crippen LogP contribution in [0.5, 0.6) is 0 Å². The molecule has 0 aromatic carbocycles. The van der Waals surface area contributed by atoms with Crippen molar-refractivity contribution in [2.75, 3.05) is 6.61 Å². The van der Waals surface area contributed by atoms with Crippen LogP contribution in [0.3, 0.4) is 0 Å². The monoisotopic (exact) mass is 145 g/mol. The van der Waals surface area contributed by atoms with E-state index in [1.807, 2.05) is 0 Å². The van der Waals surface area contributed by atoms with Crippen LogP contribution in [0.4, 0.5) is 0 Å². The van der Waals surface area contributed by atoms with Crippen molar-refractivity contribution >= 4 is 5.97 Å². The number of rotatable bonds is 1. The molecule has 2 atom stereocenters. The fourth-order valence-corrected chi connectivity index (χ4v) is 0.995. The minimum atomic E-state index is -0.907. The van der Waals surface area contributed by atoms with Gasteiger partial charge in [0.25, 0.3) is 0 Å². The number of hydrogen-bond acceptors (Lipinski definition) is 3. The molecule has 1 heterocycles. The highest BCUT2D eigenvalue weighted by molar-refractivity contribution is 5.72. The van der Waals surface area contributed by atoms with Crippen LogP contribution in [0.25, 0.3) is 0 Å². The third-order valence-electron chi connectivity index (χ3n) is 1.60. The Kier molecular flexibility index (Phi) is 2.24. The number of aliphatic carboxylic acids is 1. The van der Waals surface area contributed by atoms with E-state index in [1.165, 1.54) is 0 Å². The van der Waals surface area contributed by atoms with E-state index in [-0.39, 0.29) is 6.04 Å². The molecule has 0 spiro atoms. The summed E-state index contributed by atoms with van der Waals surface area (Å²) in [6.07, 6.45) is 0.530. The number of ether oxygens (including phenoxy) is 1. The van der Waals surface area contributed by atoms with Gasteiger partial charge in [-0.15, -0.1) is 0 Å². The number of carboxylic acids is 1. The van der Waals surface area contributed by atoms with Crippen molar-refractivity contribution in [2.24, 2.45) is 5.73 Å². The second-order valence-electron chi connectivity index (χ2n) is 2.48. The normalized spacial score (nSPS) is 33.7. The first-order valence-corrected chi connectivity index (χ1v) is 3.30. The molecule has 1 saturated heterocycles. The average Bonchev–Trinajstić information content (AvgIpc) is 1.88. The number of nitrogens with two attached hydrogens (primary N) is 1.